The molecule has 1 aromatic carbocycles. The largest absolute Gasteiger partial charge is 0.479 e. The minimum absolute atomic E-state index is 0.0547. The SMILES string of the molecule is CC(C)(C)N1C[C@@H](c2ccc(C3CC3)cc2)[C@](F)(C(=O)O)C1. The van der Waals surface area contributed by atoms with Gasteiger partial charge in [0.1, 0.15) is 0 Å². The van der Waals surface area contributed by atoms with Crippen molar-refractivity contribution in [3.63, 3.8) is 0 Å². The van der Waals surface area contributed by atoms with Gasteiger partial charge in [0.15, 0.2) is 0 Å². The van der Waals surface area contributed by atoms with Gasteiger partial charge in [-0.25, -0.2) is 9.18 Å². The van der Waals surface area contributed by atoms with Gasteiger partial charge in [-0.1, -0.05) is 24.3 Å². The van der Waals surface area contributed by atoms with E-state index in [1.807, 2.05) is 49.9 Å². The Hall–Kier alpha value is -1.42. The molecule has 0 aromatic heterocycles. The maximum atomic E-state index is 15.2. The van der Waals surface area contributed by atoms with E-state index < -0.39 is 17.6 Å². The number of aliphatic carboxylic acids is 1. The number of carbonyl (C=O) groups is 1. The van der Waals surface area contributed by atoms with E-state index >= 15 is 4.39 Å². The maximum absolute atomic E-state index is 15.2. The number of halogens is 1. The summed E-state index contributed by atoms with van der Waals surface area (Å²) in [5.74, 6) is -1.31. The van der Waals surface area contributed by atoms with Crippen molar-refractivity contribution in [2.24, 2.45) is 0 Å². The van der Waals surface area contributed by atoms with Crippen LogP contribution in [0.2, 0.25) is 0 Å². The zero-order valence-corrected chi connectivity index (χ0v) is 13.5. The molecule has 4 heteroatoms. The van der Waals surface area contributed by atoms with Crippen LogP contribution in [-0.2, 0) is 4.79 Å². The van der Waals surface area contributed by atoms with Gasteiger partial charge in [0.05, 0.1) is 0 Å². The molecule has 0 radical (unpaired) electrons. The van der Waals surface area contributed by atoms with E-state index in [2.05, 4.69) is 0 Å². The summed E-state index contributed by atoms with van der Waals surface area (Å²) in [7, 11) is 0. The normalized spacial score (nSPS) is 29.7. The number of carboxylic acid groups (broad SMARTS) is 1. The number of nitrogens with zero attached hydrogens (tertiary/aromatic N) is 1. The smallest absolute Gasteiger partial charge is 0.343 e. The average Bonchev–Trinajstić information content (AvgIpc) is 3.21. The van der Waals surface area contributed by atoms with Gasteiger partial charge in [0.2, 0.25) is 5.67 Å². The highest BCUT2D eigenvalue weighted by molar-refractivity contribution is 5.80. The van der Waals surface area contributed by atoms with E-state index in [0.717, 1.165) is 5.56 Å². The molecular formula is C18H24FNO2. The van der Waals surface area contributed by atoms with Crippen LogP contribution in [0.25, 0.3) is 0 Å². The summed E-state index contributed by atoms with van der Waals surface area (Å²) in [5, 5.41) is 9.44. The van der Waals surface area contributed by atoms with E-state index in [1.54, 1.807) is 0 Å². The number of hydrogen-bond acceptors (Lipinski definition) is 2. The van der Waals surface area contributed by atoms with Crippen LogP contribution >= 0.6 is 0 Å². The van der Waals surface area contributed by atoms with Crippen LogP contribution in [0.3, 0.4) is 0 Å². The molecule has 2 atom stereocenters. The van der Waals surface area contributed by atoms with E-state index in [0.29, 0.717) is 12.5 Å². The maximum Gasteiger partial charge on any atom is 0.343 e. The second-order valence-corrected chi connectivity index (χ2v) is 7.71. The van der Waals surface area contributed by atoms with Gasteiger partial charge in [-0.3, -0.25) is 4.90 Å². The number of hydrogen-bond donors (Lipinski definition) is 1. The van der Waals surface area contributed by atoms with Crippen molar-refractivity contribution in [2.45, 2.75) is 56.7 Å². The van der Waals surface area contributed by atoms with Gasteiger partial charge < -0.3 is 5.11 Å². The van der Waals surface area contributed by atoms with E-state index in [4.69, 9.17) is 0 Å². The molecule has 0 unspecified atom stereocenters. The summed E-state index contributed by atoms with van der Waals surface area (Å²) >= 11 is 0. The standard InChI is InChI=1S/C18H24FNO2/c1-17(2,3)20-10-15(18(19,11-20)16(21)22)14-8-6-13(7-9-14)12-4-5-12/h6-9,12,15H,4-5,10-11H2,1-3H3,(H,21,22)/t15-,18-/m0/s1. The fourth-order valence-electron chi connectivity index (χ4n) is 3.33. The summed E-state index contributed by atoms with van der Waals surface area (Å²) in [6, 6.07) is 7.91. The van der Waals surface area contributed by atoms with Gasteiger partial charge >= 0.3 is 5.97 Å². The van der Waals surface area contributed by atoms with Gasteiger partial charge in [-0.2, -0.15) is 0 Å². The first-order valence-corrected chi connectivity index (χ1v) is 7.99. The molecule has 1 aliphatic carbocycles. The van der Waals surface area contributed by atoms with Gasteiger partial charge in [-0.15, -0.1) is 0 Å². The molecule has 22 heavy (non-hydrogen) atoms. The molecule has 0 amide bonds. The van der Waals surface area contributed by atoms with Crippen LogP contribution in [0.4, 0.5) is 4.39 Å². The summed E-state index contributed by atoms with van der Waals surface area (Å²) in [5.41, 5.74) is -0.376. The molecule has 2 aliphatic rings. The highest BCUT2D eigenvalue weighted by Crippen LogP contribution is 2.44. The lowest BCUT2D eigenvalue weighted by atomic mass is 9.86. The molecule has 3 nitrogen and oxygen atoms in total. The van der Waals surface area contributed by atoms with Crippen molar-refractivity contribution < 1.29 is 14.3 Å². The fourth-order valence-corrected chi connectivity index (χ4v) is 3.33. The van der Waals surface area contributed by atoms with E-state index in [1.165, 1.54) is 18.4 Å². The third-order valence-electron chi connectivity index (χ3n) is 5.07. The molecule has 1 heterocycles. The zero-order chi connectivity index (χ0) is 16.1. The zero-order valence-electron chi connectivity index (χ0n) is 13.5. The number of likely N-dealkylation sites (tertiary alicyclic amines) is 1. The van der Waals surface area contributed by atoms with Crippen molar-refractivity contribution >= 4 is 5.97 Å². The monoisotopic (exact) mass is 305 g/mol. The molecule has 1 saturated carbocycles. The molecule has 120 valence electrons. The molecule has 1 saturated heterocycles. The lowest BCUT2D eigenvalue weighted by molar-refractivity contribution is -0.151. The minimum Gasteiger partial charge on any atom is -0.479 e. The Kier molecular flexibility index (Phi) is 3.55. The second kappa shape index (κ2) is 5.05. The summed E-state index contributed by atoms with van der Waals surface area (Å²) in [4.78, 5) is 13.5. The highest BCUT2D eigenvalue weighted by atomic mass is 19.1. The van der Waals surface area contributed by atoms with Crippen LogP contribution in [0.15, 0.2) is 24.3 Å². The van der Waals surface area contributed by atoms with Crippen LogP contribution < -0.4 is 0 Å². The number of alkyl halides is 1. The van der Waals surface area contributed by atoms with Crippen molar-refractivity contribution in [2.75, 3.05) is 13.1 Å². The van der Waals surface area contributed by atoms with Gasteiger partial charge in [0.25, 0.3) is 0 Å². The molecule has 0 bridgehead atoms. The van der Waals surface area contributed by atoms with E-state index in [9.17, 15) is 9.90 Å². The Labute approximate surface area is 131 Å². The Morgan fingerprint density at radius 3 is 2.23 bits per heavy atom. The van der Waals surface area contributed by atoms with Gasteiger partial charge in [0, 0.05) is 24.5 Å². The predicted octanol–water partition coefficient (Wildman–Crippen LogP) is 3.55. The van der Waals surface area contributed by atoms with Gasteiger partial charge in [-0.05, 0) is 50.7 Å². The Morgan fingerprint density at radius 1 is 1.23 bits per heavy atom. The first-order valence-electron chi connectivity index (χ1n) is 7.99. The Balaban J connectivity index is 1.90. The topological polar surface area (TPSA) is 40.5 Å². The molecule has 1 aromatic rings. The molecule has 0 spiro atoms. The first kappa shape index (κ1) is 15.5. The van der Waals surface area contributed by atoms with Crippen molar-refractivity contribution in [3.05, 3.63) is 35.4 Å². The molecule has 2 fully saturated rings. The van der Waals surface area contributed by atoms with Crippen molar-refractivity contribution in [1.82, 2.24) is 4.90 Å². The number of carboxylic acids is 1. The summed E-state index contributed by atoms with van der Waals surface area (Å²) in [6.07, 6.45) is 2.45. The first-order chi connectivity index (χ1) is 10.2. The van der Waals surface area contributed by atoms with Crippen LogP contribution in [0.5, 0.6) is 0 Å². The average molecular weight is 305 g/mol. The fraction of sp³-hybridized carbons (Fsp3) is 0.611. The molecule has 3 rings (SSSR count). The minimum atomic E-state index is -2.21. The lowest BCUT2D eigenvalue weighted by Crippen LogP contribution is -2.44. The predicted molar refractivity (Wildman–Crippen MR) is 84.0 cm³/mol. The van der Waals surface area contributed by atoms with Crippen LogP contribution in [0.1, 0.15) is 56.6 Å². The quantitative estimate of drug-likeness (QED) is 0.928. The number of benzene rings is 1. The van der Waals surface area contributed by atoms with Crippen LogP contribution in [0, 0.1) is 0 Å². The third kappa shape index (κ3) is 2.65. The summed E-state index contributed by atoms with van der Waals surface area (Å²) in [6.45, 7) is 6.37. The van der Waals surface area contributed by atoms with Crippen molar-refractivity contribution in [3.8, 4) is 0 Å². The summed E-state index contributed by atoms with van der Waals surface area (Å²) < 4.78 is 15.2. The van der Waals surface area contributed by atoms with Crippen molar-refractivity contribution in [1.29, 1.82) is 0 Å². The third-order valence-corrected chi connectivity index (χ3v) is 5.07. The number of rotatable bonds is 3. The Morgan fingerprint density at radius 2 is 1.77 bits per heavy atom. The molecule has 1 aliphatic heterocycles. The Bertz CT molecular complexity index is 574. The lowest BCUT2D eigenvalue weighted by Gasteiger charge is -2.31. The second-order valence-electron chi connectivity index (χ2n) is 7.71. The van der Waals surface area contributed by atoms with E-state index in [-0.39, 0.29) is 12.1 Å². The molecular weight excluding hydrogens is 281 g/mol. The highest BCUT2D eigenvalue weighted by Gasteiger charge is 2.55. The molecule has 1 N–H and O–H groups in total. The van der Waals surface area contributed by atoms with Crippen LogP contribution in [-0.4, -0.2) is 40.3 Å².